The third kappa shape index (κ3) is 4.55. The van der Waals surface area contributed by atoms with Gasteiger partial charge in [-0.2, -0.15) is 0 Å². The number of benzene rings is 1. The van der Waals surface area contributed by atoms with Gasteiger partial charge in [-0.15, -0.1) is 24.8 Å². The number of halogens is 3. The van der Waals surface area contributed by atoms with Crippen molar-refractivity contribution in [3.8, 4) is 5.75 Å². The van der Waals surface area contributed by atoms with Crippen LogP contribution in [0.4, 0.5) is 0 Å². The Hall–Kier alpha value is -1.53. The van der Waals surface area contributed by atoms with Crippen molar-refractivity contribution in [3.05, 3.63) is 58.9 Å². The highest BCUT2D eigenvalue weighted by molar-refractivity contribution is 6.33. The molecule has 0 bridgehead atoms. The van der Waals surface area contributed by atoms with Gasteiger partial charge in [0, 0.05) is 37.6 Å². The molecule has 5 nitrogen and oxygen atoms in total. The van der Waals surface area contributed by atoms with Gasteiger partial charge in [0.25, 0.3) is 5.91 Å². The average Bonchev–Trinajstić information content (AvgIpc) is 2.61. The Morgan fingerprint density at radius 3 is 2.80 bits per heavy atom. The zero-order valence-corrected chi connectivity index (χ0v) is 16.0. The number of para-hydroxylation sites is 1. The van der Waals surface area contributed by atoms with Crippen molar-refractivity contribution in [2.24, 2.45) is 0 Å². The number of hydrogen-bond donors (Lipinski definition) is 1. The molecule has 3 rings (SSSR count). The predicted octanol–water partition coefficient (Wildman–Crippen LogP) is 3.37. The molecule has 1 unspecified atom stereocenters. The topological polar surface area (TPSA) is 54.5 Å². The molecule has 1 fully saturated rings. The molecule has 2 heterocycles. The number of carbonyl (C=O) groups is 1. The molecule has 1 N–H and O–H groups in total. The van der Waals surface area contributed by atoms with Crippen LogP contribution in [0.2, 0.25) is 5.02 Å². The van der Waals surface area contributed by atoms with Gasteiger partial charge in [-0.25, -0.2) is 0 Å². The Kier molecular flexibility index (Phi) is 8.45. The molecule has 136 valence electrons. The number of rotatable bonds is 3. The van der Waals surface area contributed by atoms with E-state index in [4.69, 9.17) is 16.3 Å². The maximum absolute atomic E-state index is 12.9. The van der Waals surface area contributed by atoms with E-state index in [0.29, 0.717) is 23.7 Å². The van der Waals surface area contributed by atoms with E-state index < -0.39 is 0 Å². The number of aromatic nitrogens is 1. The van der Waals surface area contributed by atoms with E-state index >= 15 is 0 Å². The summed E-state index contributed by atoms with van der Waals surface area (Å²) in [4.78, 5) is 18.7. The van der Waals surface area contributed by atoms with Crippen molar-refractivity contribution >= 4 is 42.3 Å². The van der Waals surface area contributed by atoms with E-state index in [1.165, 1.54) is 6.20 Å². The van der Waals surface area contributed by atoms with Gasteiger partial charge in [0.05, 0.1) is 23.7 Å². The Balaban J connectivity index is 0.00000156. The third-order valence-corrected chi connectivity index (χ3v) is 4.31. The third-order valence-electron chi connectivity index (χ3n) is 4.01. The smallest absolute Gasteiger partial charge is 0.256 e. The van der Waals surface area contributed by atoms with Crippen LogP contribution < -0.4 is 10.1 Å². The number of piperazine rings is 1. The molecular weight excluding hydrogens is 385 g/mol. The van der Waals surface area contributed by atoms with Gasteiger partial charge >= 0.3 is 0 Å². The highest BCUT2D eigenvalue weighted by Gasteiger charge is 2.31. The fraction of sp³-hybridized carbons (Fsp3) is 0.294. The summed E-state index contributed by atoms with van der Waals surface area (Å²) in [6.45, 7) is 2.04. The van der Waals surface area contributed by atoms with Crippen LogP contribution >= 0.6 is 36.4 Å². The first kappa shape index (κ1) is 21.5. The molecule has 8 heteroatoms. The lowest BCUT2D eigenvalue weighted by Crippen LogP contribution is -2.48. The lowest BCUT2D eigenvalue weighted by atomic mass is 10.0. The molecule has 1 atom stereocenters. The van der Waals surface area contributed by atoms with Gasteiger partial charge in [0.15, 0.2) is 0 Å². The van der Waals surface area contributed by atoms with Crippen LogP contribution in [0.3, 0.4) is 0 Å². The molecule has 1 aromatic carbocycles. The first-order chi connectivity index (χ1) is 11.2. The zero-order valence-electron chi connectivity index (χ0n) is 13.6. The highest BCUT2D eigenvalue weighted by Crippen LogP contribution is 2.31. The molecule has 1 aromatic heterocycles. The minimum absolute atomic E-state index is 0. The molecule has 1 aliphatic heterocycles. The number of nitrogens with one attached hydrogen (secondary N) is 1. The number of hydrogen-bond acceptors (Lipinski definition) is 4. The summed E-state index contributed by atoms with van der Waals surface area (Å²) in [5, 5.41) is 3.71. The summed E-state index contributed by atoms with van der Waals surface area (Å²) in [5.41, 5.74) is 1.46. The van der Waals surface area contributed by atoms with E-state index in [1.807, 2.05) is 29.2 Å². The van der Waals surface area contributed by atoms with Gasteiger partial charge in [-0.05, 0) is 12.1 Å². The van der Waals surface area contributed by atoms with Crippen LogP contribution in [0.5, 0.6) is 5.75 Å². The number of ether oxygens (including phenoxy) is 1. The van der Waals surface area contributed by atoms with E-state index in [-0.39, 0.29) is 36.8 Å². The van der Waals surface area contributed by atoms with E-state index in [0.717, 1.165) is 17.9 Å². The summed E-state index contributed by atoms with van der Waals surface area (Å²) >= 11 is 6.14. The van der Waals surface area contributed by atoms with Crippen LogP contribution in [0.1, 0.15) is 22.0 Å². The van der Waals surface area contributed by atoms with Crippen molar-refractivity contribution in [3.63, 3.8) is 0 Å². The lowest BCUT2D eigenvalue weighted by Gasteiger charge is -2.37. The summed E-state index contributed by atoms with van der Waals surface area (Å²) < 4.78 is 5.45. The second kappa shape index (κ2) is 9.82. The van der Waals surface area contributed by atoms with Crippen LogP contribution in [0.15, 0.2) is 42.7 Å². The fourth-order valence-corrected chi connectivity index (χ4v) is 3.07. The molecule has 0 spiro atoms. The predicted molar refractivity (Wildman–Crippen MR) is 103 cm³/mol. The monoisotopic (exact) mass is 403 g/mol. The second-order valence-electron chi connectivity index (χ2n) is 5.32. The van der Waals surface area contributed by atoms with E-state index in [2.05, 4.69) is 10.3 Å². The van der Waals surface area contributed by atoms with Gasteiger partial charge in [0.2, 0.25) is 0 Å². The number of nitrogens with zero attached hydrogens (tertiary/aromatic N) is 2. The summed E-state index contributed by atoms with van der Waals surface area (Å²) in [5.74, 6) is 0.689. The normalized spacial score (nSPS) is 16.4. The number of methoxy groups -OCH3 is 1. The van der Waals surface area contributed by atoms with Crippen LogP contribution in [-0.4, -0.2) is 42.5 Å². The SMILES string of the molecule is COc1ccccc1C1CNCCN1C(=O)c1ccncc1Cl.Cl.Cl. The van der Waals surface area contributed by atoms with Crippen molar-refractivity contribution < 1.29 is 9.53 Å². The van der Waals surface area contributed by atoms with Crippen molar-refractivity contribution in [1.82, 2.24) is 15.2 Å². The first-order valence-corrected chi connectivity index (χ1v) is 7.84. The maximum Gasteiger partial charge on any atom is 0.256 e. The zero-order chi connectivity index (χ0) is 16.2. The molecule has 0 radical (unpaired) electrons. The number of amides is 1. The van der Waals surface area contributed by atoms with Crippen LogP contribution in [-0.2, 0) is 0 Å². The standard InChI is InChI=1S/C17H18ClN3O2.2ClH/c1-23-16-5-3-2-4-13(16)15-11-20-8-9-21(15)17(22)12-6-7-19-10-14(12)18;;/h2-7,10,15,20H,8-9,11H2,1H3;2*1H. The van der Waals surface area contributed by atoms with Crippen molar-refractivity contribution in [1.29, 1.82) is 0 Å². The van der Waals surface area contributed by atoms with Gasteiger partial charge in [-0.1, -0.05) is 29.8 Å². The molecule has 0 saturated carbocycles. The Morgan fingerprint density at radius 2 is 2.08 bits per heavy atom. The van der Waals surface area contributed by atoms with Crippen LogP contribution in [0, 0.1) is 0 Å². The molecule has 1 saturated heterocycles. The molecule has 0 aliphatic carbocycles. The highest BCUT2D eigenvalue weighted by atomic mass is 35.5. The number of carbonyl (C=O) groups excluding carboxylic acids is 1. The van der Waals surface area contributed by atoms with Crippen molar-refractivity contribution in [2.75, 3.05) is 26.7 Å². The lowest BCUT2D eigenvalue weighted by molar-refractivity contribution is 0.0631. The summed E-state index contributed by atoms with van der Waals surface area (Å²) in [6, 6.07) is 9.33. The minimum atomic E-state index is -0.100. The van der Waals surface area contributed by atoms with Gasteiger partial charge in [-0.3, -0.25) is 9.78 Å². The first-order valence-electron chi connectivity index (χ1n) is 7.46. The molecular formula is C17H20Cl3N3O2. The second-order valence-corrected chi connectivity index (χ2v) is 5.72. The van der Waals surface area contributed by atoms with Crippen LogP contribution in [0.25, 0.3) is 0 Å². The molecule has 25 heavy (non-hydrogen) atoms. The Morgan fingerprint density at radius 1 is 1.32 bits per heavy atom. The summed E-state index contributed by atoms with van der Waals surface area (Å²) in [7, 11) is 1.64. The fourth-order valence-electron chi connectivity index (χ4n) is 2.87. The number of pyridine rings is 1. The van der Waals surface area contributed by atoms with E-state index in [1.54, 1.807) is 19.4 Å². The Labute approximate surface area is 164 Å². The largest absolute Gasteiger partial charge is 0.496 e. The Bertz CT molecular complexity index is 715. The molecule has 1 aliphatic rings. The average molecular weight is 405 g/mol. The summed E-state index contributed by atoms with van der Waals surface area (Å²) in [6.07, 6.45) is 3.08. The maximum atomic E-state index is 12.9. The quantitative estimate of drug-likeness (QED) is 0.852. The van der Waals surface area contributed by atoms with E-state index in [9.17, 15) is 4.79 Å². The van der Waals surface area contributed by atoms with Crippen molar-refractivity contribution in [2.45, 2.75) is 6.04 Å². The van der Waals surface area contributed by atoms with Gasteiger partial charge in [0.1, 0.15) is 5.75 Å². The minimum Gasteiger partial charge on any atom is -0.496 e. The molecule has 1 amide bonds. The van der Waals surface area contributed by atoms with Gasteiger partial charge < -0.3 is 15.0 Å². The molecule has 2 aromatic rings.